The van der Waals surface area contributed by atoms with Crippen LogP contribution in [-0.4, -0.2) is 34.3 Å². The van der Waals surface area contributed by atoms with E-state index in [4.69, 9.17) is 4.74 Å². The molecule has 1 saturated heterocycles. The first kappa shape index (κ1) is 14.3. The molecule has 5 nitrogen and oxygen atoms in total. The minimum Gasteiger partial charge on any atom is -0.466 e. The second-order valence-corrected chi connectivity index (χ2v) is 7.06. The highest BCUT2D eigenvalue weighted by molar-refractivity contribution is 8.15. The molecule has 0 bridgehead atoms. The number of nitrogens with zero attached hydrogens (tertiary/aromatic N) is 2. The topological polar surface area (TPSA) is 59.0 Å². The third kappa shape index (κ3) is 2.20. The molecule has 2 aliphatic rings. The number of thioether (sulfide) groups is 1. The van der Waals surface area contributed by atoms with Gasteiger partial charge in [-0.3, -0.25) is 9.69 Å². The number of allylic oxidation sites excluding steroid dienone is 1. The first-order valence-corrected chi connectivity index (χ1v) is 8.21. The number of hydrogen-bond donors (Lipinski definition) is 0. The fourth-order valence-electron chi connectivity index (χ4n) is 2.49. The van der Waals surface area contributed by atoms with Gasteiger partial charge in [0.15, 0.2) is 5.17 Å². The molecule has 2 atom stereocenters. The second-order valence-electron chi connectivity index (χ2n) is 4.77. The van der Waals surface area contributed by atoms with Crippen LogP contribution in [0.3, 0.4) is 0 Å². The summed E-state index contributed by atoms with van der Waals surface area (Å²) in [5.41, 5.74) is 1.05. The Bertz CT molecular complexity index is 664. The molecule has 1 aromatic rings. The molecule has 1 aromatic heterocycles. The highest BCUT2D eigenvalue weighted by Crippen LogP contribution is 2.44. The van der Waals surface area contributed by atoms with E-state index in [1.807, 2.05) is 24.4 Å². The Labute approximate surface area is 130 Å². The van der Waals surface area contributed by atoms with Gasteiger partial charge in [0.25, 0.3) is 0 Å². The van der Waals surface area contributed by atoms with Gasteiger partial charge < -0.3 is 4.74 Å². The molecule has 21 heavy (non-hydrogen) atoms. The zero-order valence-corrected chi connectivity index (χ0v) is 13.5. The Morgan fingerprint density at radius 2 is 2.24 bits per heavy atom. The number of amidine groups is 1. The van der Waals surface area contributed by atoms with Crippen LogP contribution in [0.5, 0.6) is 0 Å². The number of aliphatic imine (C=N–C) groups is 1. The molecule has 110 valence electrons. The number of thiophene rings is 1. The third-order valence-electron chi connectivity index (χ3n) is 3.48. The highest BCUT2D eigenvalue weighted by atomic mass is 32.2. The predicted molar refractivity (Wildman–Crippen MR) is 83.1 cm³/mol. The molecular formula is C14H14N2O3S2. The number of hydrogen-bond acceptors (Lipinski definition) is 6. The molecular weight excluding hydrogens is 308 g/mol. The van der Waals surface area contributed by atoms with Crippen LogP contribution in [0, 0.1) is 0 Å². The van der Waals surface area contributed by atoms with Crippen molar-refractivity contribution < 1.29 is 14.3 Å². The van der Waals surface area contributed by atoms with Gasteiger partial charge in [-0.15, -0.1) is 11.3 Å². The monoisotopic (exact) mass is 322 g/mol. The molecule has 2 aliphatic heterocycles. The summed E-state index contributed by atoms with van der Waals surface area (Å²) < 4.78 is 4.89. The lowest BCUT2D eigenvalue weighted by atomic mass is 10.0. The summed E-state index contributed by atoms with van der Waals surface area (Å²) in [6.07, 6.45) is 0. The Morgan fingerprint density at radius 1 is 1.48 bits per heavy atom. The minimum absolute atomic E-state index is 0.0222. The number of methoxy groups -OCH3 is 1. The van der Waals surface area contributed by atoms with Gasteiger partial charge in [0.05, 0.1) is 23.6 Å². The van der Waals surface area contributed by atoms with Crippen molar-refractivity contribution in [2.75, 3.05) is 7.11 Å². The Hall–Kier alpha value is -1.60. The molecule has 0 saturated carbocycles. The summed E-state index contributed by atoms with van der Waals surface area (Å²) in [7, 11) is 1.34. The summed E-state index contributed by atoms with van der Waals surface area (Å²) in [4.78, 5) is 31.6. The minimum atomic E-state index is -0.439. The van der Waals surface area contributed by atoms with E-state index in [0.717, 1.165) is 4.88 Å². The number of rotatable bonds is 2. The molecule has 0 aliphatic carbocycles. The van der Waals surface area contributed by atoms with E-state index in [0.29, 0.717) is 16.4 Å². The molecule has 0 spiro atoms. The van der Waals surface area contributed by atoms with Crippen LogP contribution in [0.4, 0.5) is 0 Å². The lowest BCUT2D eigenvalue weighted by Gasteiger charge is -2.31. The summed E-state index contributed by atoms with van der Waals surface area (Å²) in [5.74, 6) is -0.461. The van der Waals surface area contributed by atoms with E-state index in [2.05, 4.69) is 4.99 Å². The molecule has 1 fully saturated rings. The van der Waals surface area contributed by atoms with E-state index in [1.165, 1.54) is 30.2 Å². The quantitative estimate of drug-likeness (QED) is 0.785. The van der Waals surface area contributed by atoms with E-state index >= 15 is 0 Å². The van der Waals surface area contributed by atoms with Crippen molar-refractivity contribution >= 4 is 40.1 Å². The van der Waals surface area contributed by atoms with Crippen LogP contribution in [0.15, 0.2) is 33.8 Å². The van der Waals surface area contributed by atoms with Gasteiger partial charge in [-0.05, 0) is 25.3 Å². The van der Waals surface area contributed by atoms with Crippen LogP contribution in [0.25, 0.3) is 0 Å². The van der Waals surface area contributed by atoms with Crippen molar-refractivity contribution in [1.29, 1.82) is 0 Å². The van der Waals surface area contributed by atoms with Gasteiger partial charge in [-0.1, -0.05) is 17.8 Å². The van der Waals surface area contributed by atoms with Gasteiger partial charge >= 0.3 is 5.97 Å². The first-order chi connectivity index (χ1) is 10.0. The lowest BCUT2D eigenvalue weighted by Crippen LogP contribution is -2.40. The van der Waals surface area contributed by atoms with E-state index < -0.39 is 12.0 Å². The van der Waals surface area contributed by atoms with Crippen LogP contribution in [0.2, 0.25) is 0 Å². The van der Waals surface area contributed by atoms with Crippen LogP contribution < -0.4 is 0 Å². The van der Waals surface area contributed by atoms with Crippen molar-refractivity contribution in [2.24, 2.45) is 4.99 Å². The summed E-state index contributed by atoms with van der Waals surface area (Å²) in [6.45, 7) is 3.64. The van der Waals surface area contributed by atoms with Crippen molar-refractivity contribution in [3.8, 4) is 0 Å². The fraction of sp³-hybridized carbons (Fsp3) is 0.357. The maximum absolute atomic E-state index is 12.5. The first-order valence-electron chi connectivity index (χ1n) is 6.45. The fourth-order valence-corrected chi connectivity index (χ4v) is 4.34. The molecule has 3 heterocycles. The van der Waals surface area contributed by atoms with E-state index in [-0.39, 0.29) is 11.2 Å². The van der Waals surface area contributed by atoms with Crippen molar-refractivity contribution in [1.82, 2.24) is 4.90 Å². The molecule has 7 heteroatoms. The number of fused-ring (bicyclic) bond motifs is 1. The molecule has 1 amide bonds. The zero-order valence-electron chi connectivity index (χ0n) is 11.8. The Kier molecular flexibility index (Phi) is 3.62. The van der Waals surface area contributed by atoms with Gasteiger partial charge in [0, 0.05) is 4.88 Å². The number of esters is 1. The van der Waals surface area contributed by atoms with Gasteiger partial charge in [-0.25, -0.2) is 9.79 Å². The van der Waals surface area contributed by atoms with Crippen molar-refractivity contribution in [2.45, 2.75) is 25.1 Å². The number of ether oxygens (including phenoxy) is 1. The molecule has 0 unspecified atom stereocenters. The van der Waals surface area contributed by atoms with Gasteiger partial charge in [0.1, 0.15) is 6.04 Å². The Morgan fingerprint density at radius 3 is 2.86 bits per heavy atom. The van der Waals surface area contributed by atoms with Gasteiger partial charge in [0.2, 0.25) is 5.91 Å². The molecule has 3 rings (SSSR count). The normalized spacial score (nSPS) is 25.0. The van der Waals surface area contributed by atoms with Gasteiger partial charge in [-0.2, -0.15) is 0 Å². The summed E-state index contributed by atoms with van der Waals surface area (Å²) >= 11 is 2.94. The van der Waals surface area contributed by atoms with Crippen molar-refractivity contribution in [3.05, 3.63) is 33.7 Å². The number of carbonyl (C=O) groups is 2. The average molecular weight is 322 g/mol. The zero-order chi connectivity index (χ0) is 15.1. The molecule has 0 N–H and O–H groups in total. The Balaban J connectivity index is 2.16. The van der Waals surface area contributed by atoms with E-state index in [1.54, 1.807) is 11.8 Å². The van der Waals surface area contributed by atoms with E-state index in [9.17, 15) is 9.59 Å². The van der Waals surface area contributed by atoms with Crippen LogP contribution in [0.1, 0.15) is 24.8 Å². The number of amides is 1. The summed E-state index contributed by atoms with van der Waals surface area (Å²) in [5, 5.41) is 2.41. The van der Waals surface area contributed by atoms with Crippen LogP contribution in [-0.2, 0) is 14.3 Å². The maximum Gasteiger partial charge on any atom is 0.338 e. The predicted octanol–water partition coefficient (Wildman–Crippen LogP) is 2.57. The average Bonchev–Trinajstić information content (AvgIpc) is 3.07. The SMILES string of the molecule is COC(=O)C1=C(C)N=C2S[C@@H](C)C(=O)N2[C@@H]1c1cccs1. The highest BCUT2D eigenvalue weighted by Gasteiger charge is 2.46. The lowest BCUT2D eigenvalue weighted by molar-refractivity contribution is -0.137. The van der Waals surface area contributed by atoms with Crippen LogP contribution >= 0.6 is 23.1 Å². The molecule has 0 aromatic carbocycles. The standard InChI is InChI=1S/C14H14N2O3S2/c1-7-10(13(18)19-3)11(9-5-4-6-20-9)16-12(17)8(2)21-14(16)15-7/h4-6,8,11H,1-3H3/t8-,11+/m0/s1. The third-order valence-corrected chi connectivity index (χ3v) is 5.45. The van der Waals surface area contributed by atoms with Crippen molar-refractivity contribution in [3.63, 3.8) is 0 Å². The number of carbonyl (C=O) groups excluding carboxylic acids is 2. The second kappa shape index (κ2) is 5.31. The maximum atomic E-state index is 12.5. The largest absolute Gasteiger partial charge is 0.466 e. The smallest absolute Gasteiger partial charge is 0.338 e. The summed E-state index contributed by atoms with van der Waals surface area (Å²) in [6, 6.07) is 3.40. The molecule has 0 radical (unpaired) electrons.